The van der Waals surface area contributed by atoms with E-state index in [2.05, 4.69) is 27.8 Å². The van der Waals surface area contributed by atoms with E-state index >= 15 is 0 Å². The zero-order valence-corrected chi connectivity index (χ0v) is 18.2. The Morgan fingerprint density at radius 1 is 1.25 bits per heavy atom. The lowest BCUT2D eigenvalue weighted by Gasteiger charge is -2.21. The van der Waals surface area contributed by atoms with Crippen LogP contribution in [-0.4, -0.2) is 28.9 Å². The van der Waals surface area contributed by atoms with Crippen molar-refractivity contribution in [1.82, 2.24) is 10.3 Å². The monoisotopic (exact) mass is 424 g/mol. The van der Waals surface area contributed by atoms with Crippen LogP contribution >= 0.6 is 23.7 Å². The van der Waals surface area contributed by atoms with E-state index in [1.54, 1.807) is 6.92 Å². The molecule has 2 rings (SSSR count). The van der Waals surface area contributed by atoms with Crippen LogP contribution in [0, 0.1) is 0 Å². The van der Waals surface area contributed by atoms with Crippen LogP contribution in [0.1, 0.15) is 45.6 Å². The summed E-state index contributed by atoms with van der Waals surface area (Å²) in [5, 5.41) is 8.10. The smallest absolute Gasteiger partial charge is 0.245 e. The number of carbonyl (C=O) groups is 2. The Morgan fingerprint density at radius 3 is 2.54 bits per heavy atom. The molecule has 0 saturated heterocycles. The minimum absolute atomic E-state index is 0. The van der Waals surface area contributed by atoms with Crippen molar-refractivity contribution < 1.29 is 9.59 Å². The Hall–Kier alpha value is -1.96. The van der Waals surface area contributed by atoms with Gasteiger partial charge in [-0.3, -0.25) is 9.59 Å². The normalized spacial score (nSPS) is 12.6. The highest BCUT2D eigenvalue weighted by atomic mass is 35.5. The molecule has 1 heterocycles. The van der Waals surface area contributed by atoms with Crippen molar-refractivity contribution >= 4 is 40.7 Å². The van der Waals surface area contributed by atoms with Gasteiger partial charge >= 0.3 is 0 Å². The van der Waals surface area contributed by atoms with E-state index in [9.17, 15) is 9.59 Å². The largest absolute Gasteiger partial charge is 0.356 e. The molecular weight excluding hydrogens is 396 g/mol. The summed E-state index contributed by atoms with van der Waals surface area (Å²) < 4.78 is 0. The van der Waals surface area contributed by atoms with Crippen LogP contribution in [-0.2, 0) is 16.0 Å². The molecule has 0 aliphatic rings. The molecule has 1 atom stereocenters. The Labute approximate surface area is 176 Å². The van der Waals surface area contributed by atoms with E-state index < -0.39 is 5.54 Å². The molecule has 0 aliphatic carbocycles. The number of benzene rings is 1. The number of thiazole rings is 1. The molecule has 2 amide bonds. The van der Waals surface area contributed by atoms with Crippen LogP contribution in [0.4, 0.5) is 5.13 Å². The number of nitrogens with one attached hydrogen (secondary N) is 2. The molecule has 0 spiro atoms. The van der Waals surface area contributed by atoms with E-state index in [1.807, 2.05) is 24.4 Å². The van der Waals surface area contributed by atoms with Crippen LogP contribution < -0.4 is 16.4 Å². The Kier molecular flexibility index (Phi) is 9.58. The highest BCUT2D eigenvalue weighted by Gasteiger charge is 2.27. The fourth-order valence-corrected chi connectivity index (χ4v) is 3.45. The van der Waals surface area contributed by atoms with Gasteiger partial charge in [0, 0.05) is 24.4 Å². The minimum atomic E-state index is -0.889. The van der Waals surface area contributed by atoms with E-state index in [4.69, 9.17) is 5.73 Å². The van der Waals surface area contributed by atoms with E-state index in [1.165, 1.54) is 23.8 Å². The molecule has 0 radical (unpaired) electrons. The summed E-state index contributed by atoms with van der Waals surface area (Å²) >= 11 is 1.39. The molecular formula is C20H29ClN4O2S. The van der Waals surface area contributed by atoms with Gasteiger partial charge in [0.1, 0.15) is 0 Å². The lowest BCUT2D eigenvalue weighted by atomic mass is 9.97. The van der Waals surface area contributed by atoms with Gasteiger partial charge in [-0.1, -0.05) is 37.6 Å². The summed E-state index contributed by atoms with van der Waals surface area (Å²) in [6.07, 6.45) is 3.29. The van der Waals surface area contributed by atoms with Gasteiger partial charge in [-0.05, 0) is 31.7 Å². The fourth-order valence-electron chi connectivity index (χ4n) is 2.74. The third-order valence-electron chi connectivity index (χ3n) is 4.28. The quantitative estimate of drug-likeness (QED) is 0.534. The molecule has 28 heavy (non-hydrogen) atoms. The Bertz CT molecular complexity index is 775. The van der Waals surface area contributed by atoms with Gasteiger partial charge in [0.25, 0.3) is 0 Å². The van der Waals surface area contributed by atoms with Gasteiger partial charge in [-0.2, -0.15) is 0 Å². The van der Waals surface area contributed by atoms with Crippen molar-refractivity contribution in [2.75, 3.05) is 11.9 Å². The van der Waals surface area contributed by atoms with Gasteiger partial charge in [0.05, 0.1) is 11.2 Å². The zero-order chi connectivity index (χ0) is 19.9. The van der Waals surface area contributed by atoms with Crippen molar-refractivity contribution in [2.45, 2.75) is 52.0 Å². The molecule has 6 nitrogen and oxygen atoms in total. The SMILES string of the molecule is CCCC(C)(N)C(=O)Nc1nc(-c2ccc(CCCNC(C)=O)cc2)cs1.Cl. The predicted octanol–water partition coefficient (Wildman–Crippen LogP) is 3.76. The number of aryl methyl sites for hydroxylation is 1. The number of halogens is 1. The molecule has 1 unspecified atom stereocenters. The van der Waals surface area contributed by atoms with Crippen molar-refractivity contribution in [3.8, 4) is 11.3 Å². The van der Waals surface area contributed by atoms with E-state index in [0.717, 1.165) is 30.5 Å². The number of rotatable bonds is 9. The predicted molar refractivity (Wildman–Crippen MR) is 118 cm³/mol. The van der Waals surface area contributed by atoms with Gasteiger partial charge in [-0.25, -0.2) is 4.98 Å². The average molecular weight is 425 g/mol. The summed E-state index contributed by atoms with van der Waals surface area (Å²) in [7, 11) is 0. The van der Waals surface area contributed by atoms with Crippen molar-refractivity contribution in [1.29, 1.82) is 0 Å². The van der Waals surface area contributed by atoms with Crippen LogP contribution in [0.25, 0.3) is 11.3 Å². The summed E-state index contributed by atoms with van der Waals surface area (Å²) in [4.78, 5) is 27.7. The number of amides is 2. The third-order valence-corrected chi connectivity index (χ3v) is 5.04. The number of hydrogen-bond donors (Lipinski definition) is 3. The number of aromatic nitrogens is 1. The van der Waals surface area contributed by atoms with Gasteiger partial charge < -0.3 is 16.4 Å². The molecule has 1 aromatic carbocycles. The molecule has 1 aromatic heterocycles. The standard InChI is InChI=1S/C20H28N4O2S.ClH/c1-4-11-20(3,21)18(26)24-19-23-17(13-27-19)16-9-7-15(8-10-16)6-5-12-22-14(2)25;/h7-10,13H,4-6,11-12,21H2,1-3H3,(H,22,25)(H,23,24,26);1H. The van der Waals surface area contributed by atoms with Gasteiger partial charge in [-0.15, -0.1) is 23.7 Å². The molecule has 154 valence electrons. The average Bonchev–Trinajstić information content (AvgIpc) is 3.07. The van der Waals surface area contributed by atoms with Crippen LogP contribution in [0.2, 0.25) is 0 Å². The summed E-state index contributed by atoms with van der Waals surface area (Å²) in [6.45, 7) is 5.95. The first-order chi connectivity index (χ1) is 12.8. The third kappa shape index (κ3) is 7.22. The highest BCUT2D eigenvalue weighted by molar-refractivity contribution is 7.14. The zero-order valence-electron chi connectivity index (χ0n) is 16.6. The molecule has 0 aliphatic heterocycles. The van der Waals surface area contributed by atoms with Crippen LogP contribution in [0.15, 0.2) is 29.6 Å². The molecule has 0 fully saturated rings. The first-order valence-corrected chi connectivity index (χ1v) is 10.1. The maximum absolute atomic E-state index is 12.3. The second-order valence-electron chi connectivity index (χ2n) is 6.94. The number of nitrogens with zero attached hydrogens (tertiary/aromatic N) is 1. The summed E-state index contributed by atoms with van der Waals surface area (Å²) in [5.74, 6) is -0.207. The minimum Gasteiger partial charge on any atom is -0.356 e. The van der Waals surface area contributed by atoms with Gasteiger partial charge in [0.15, 0.2) is 5.13 Å². The maximum atomic E-state index is 12.3. The molecule has 2 aromatic rings. The molecule has 4 N–H and O–H groups in total. The summed E-state index contributed by atoms with van der Waals surface area (Å²) in [5.41, 5.74) is 8.22. The topological polar surface area (TPSA) is 97.1 Å². The second kappa shape index (κ2) is 11.1. The number of nitrogens with two attached hydrogens (primary N) is 1. The van der Waals surface area contributed by atoms with Gasteiger partial charge in [0.2, 0.25) is 11.8 Å². The van der Waals surface area contributed by atoms with Crippen LogP contribution in [0.5, 0.6) is 0 Å². The summed E-state index contributed by atoms with van der Waals surface area (Å²) in [6, 6.07) is 8.19. The maximum Gasteiger partial charge on any atom is 0.245 e. The van der Waals surface area contributed by atoms with E-state index in [-0.39, 0.29) is 24.2 Å². The Balaban J connectivity index is 0.00000392. The lowest BCUT2D eigenvalue weighted by Crippen LogP contribution is -2.48. The first kappa shape index (κ1) is 24.1. The Morgan fingerprint density at radius 2 is 1.93 bits per heavy atom. The molecule has 0 saturated carbocycles. The van der Waals surface area contributed by atoms with Crippen LogP contribution in [0.3, 0.4) is 0 Å². The van der Waals surface area contributed by atoms with Crippen molar-refractivity contribution in [3.05, 3.63) is 35.2 Å². The molecule has 8 heteroatoms. The number of hydrogen-bond acceptors (Lipinski definition) is 5. The lowest BCUT2D eigenvalue weighted by molar-refractivity contribution is -0.121. The van der Waals surface area contributed by atoms with Crippen molar-refractivity contribution in [2.24, 2.45) is 5.73 Å². The fraction of sp³-hybridized carbons (Fsp3) is 0.450. The first-order valence-electron chi connectivity index (χ1n) is 9.21. The highest BCUT2D eigenvalue weighted by Crippen LogP contribution is 2.26. The second-order valence-corrected chi connectivity index (χ2v) is 7.80. The van der Waals surface area contributed by atoms with E-state index in [0.29, 0.717) is 18.1 Å². The number of carbonyl (C=O) groups excluding carboxylic acids is 2. The number of anilines is 1. The molecule has 0 bridgehead atoms. The van der Waals surface area contributed by atoms with Crippen molar-refractivity contribution in [3.63, 3.8) is 0 Å².